The van der Waals surface area contributed by atoms with Gasteiger partial charge in [-0.2, -0.15) is 0 Å². The van der Waals surface area contributed by atoms with Crippen LogP contribution in [0, 0.1) is 0 Å². The summed E-state index contributed by atoms with van der Waals surface area (Å²) >= 11 is 5.98. The summed E-state index contributed by atoms with van der Waals surface area (Å²) in [6, 6.07) is 3.58. The molecule has 0 atom stereocenters. The molecule has 0 amide bonds. The second-order valence-corrected chi connectivity index (χ2v) is 3.86. The smallest absolute Gasteiger partial charge is 0.307 e. The van der Waals surface area contributed by atoms with E-state index in [1.165, 1.54) is 6.20 Å². The molecule has 0 saturated heterocycles. The quantitative estimate of drug-likeness (QED) is 0.906. The Balaban J connectivity index is 2.54. The van der Waals surface area contributed by atoms with E-state index in [0.717, 1.165) is 11.1 Å². The maximum atomic E-state index is 10.8. The van der Waals surface area contributed by atoms with Crippen molar-refractivity contribution >= 4 is 17.6 Å². The summed E-state index contributed by atoms with van der Waals surface area (Å²) in [5.41, 5.74) is 2.15. The molecule has 17 heavy (non-hydrogen) atoms. The summed E-state index contributed by atoms with van der Waals surface area (Å²) in [6.07, 6.45) is 6.21. The molecule has 2 aromatic rings. The van der Waals surface area contributed by atoms with Gasteiger partial charge < -0.3 is 5.11 Å². The topological polar surface area (TPSA) is 63.1 Å². The number of rotatable bonds is 3. The molecule has 0 aliphatic heterocycles. The van der Waals surface area contributed by atoms with E-state index < -0.39 is 5.97 Å². The van der Waals surface area contributed by atoms with E-state index in [2.05, 4.69) is 9.97 Å². The van der Waals surface area contributed by atoms with E-state index in [9.17, 15) is 4.79 Å². The molecule has 2 rings (SSSR count). The molecule has 2 heterocycles. The number of aromatic nitrogens is 2. The van der Waals surface area contributed by atoms with Gasteiger partial charge in [-0.15, -0.1) is 0 Å². The van der Waals surface area contributed by atoms with Crippen molar-refractivity contribution < 1.29 is 9.90 Å². The number of aliphatic carboxylic acids is 1. The van der Waals surface area contributed by atoms with E-state index in [-0.39, 0.29) is 6.42 Å². The van der Waals surface area contributed by atoms with Crippen LogP contribution in [0.2, 0.25) is 5.02 Å². The summed E-state index contributed by atoms with van der Waals surface area (Å²) in [7, 11) is 0. The van der Waals surface area contributed by atoms with Crippen LogP contribution in [0.1, 0.15) is 5.56 Å². The molecule has 1 N–H and O–H groups in total. The van der Waals surface area contributed by atoms with Crippen molar-refractivity contribution in [2.45, 2.75) is 6.42 Å². The monoisotopic (exact) mass is 248 g/mol. The first-order chi connectivity index (χ1) is 8.18. The zero-order valence-electron chi connectivity index (χ0n) is 8.80. The van der Waals surface area contributed by atoms with E-state index >= 15 is 0 Å². The normalized spacial score (nSPS) is 10.2. The molecule has 86 valence electrons. The van der Waals surface area contributed by atoms with Crippen molar-refractivity contribution in [1.29, 1.82) is 0 Å². The van der Waals surface area contributed by atoms with E-state index in [1.54, 1.807) is 30.7 Å². The van der Waals surface area contributed by atoms with Crippen LogP contribution in [-0.4, -0.2) is 21.0 Å². The van der Waals surface area contributed by atoms with Gasteiger partial charge in [-0.05, 0) is 23.3 Å². The van der Waals surface area contributed by atoms with E-state index in [1.807, 2.05) is 0 Å². The number of carboxylic acid groups (broad SMARTS) is 1. The number of carboxylic acids is 1. The van der Waals surface area contributed by atoms with Gasteiger partial charge in [0.05, 0.1) is 11.4 Å². The van der Waals surface area contributed by atoms with Gasteiger partial charge in [-0.1, -0.05) is 11.6 Å². The Bertz CT molecular complexity index is 543. The second kappa shape index (κ2) is 4.93. The van der Waals surface area contributed by atoms with Crippen molar-refractivity contribution in [2.75, 3.05) is 0 Å². The fraction of sp³-hybridized carbons (Fsp3) is 0.0833. The lowest BCUT2D eigenvalue weighted by Crippen LogP contribution is -2.03. The zero-order valence-corrected chi connectivity index (χ0v) is 9.55. The lowest BCUT2D eigenvalue weighted by molar-refractivity contribution is -0.136. The van der Waals surface area contributed by atoms with Crippen molar-refractivity contribution in [3.05, 3.63) is 47.5 Å². The molecular weight excluding hydrogens is 240 g/mol. The molecule has 0 aromatic carbocycles. The molecule has 0 saturated carbocycles. The minimum Gasteiger partial charge on any atom is -0.481 e. The van der Waals surface area contributed by atoms with Crippen LogP contribution in [0.5, 0.6) is 0 Å². The molecule has 2 aromatic heterocycles. The lowest BCUT2D eigenvalue weighted by Gasteiger charge is -2.08. The van der Waals surface area contributed by atoms with Crippen LogP contribution in [0.4, 0.5) is 0 Å². The van der Waals surface area contributed by atoms with Gasteiger partial charge in [-0.25, -0.2) is 0 Å². The van der Waals surface area contributed by atoms with Gasteiger partial charge in [0.1, 0.15) is 0 Å². The Morgan fingerprint density at radius 3 is 2.59 bits per heavy atom. The predicted octanol–water partition coefficient (Wildman–Crippen LogP) is 2.42. The number of hydrogen-bond donors (Lipinski definition) is 1. The molecule has 0 unspecified atom stereocenters. The molecule has 0 aliphatic rings. The number of pyridine rings is 2. The van der Waals surface area contributed by atoms with Gasteiger partial charge in [0.2, 0.25) is 0 Å². The Kier molecular flexibility index (Phi) is 3.35. The van der Waals surface area contributed by atoms with Crippen LogP contribution < -0.4 is 0 Å². The molecule has 0 radical (unpaired) electrons. The SMILES string of the molecule is O=C(O)Cc1c(Cl)cncc1-c1ccncc1. The minimum atomic E-state index is -0.923. The summed E-state index contributed by atoms with van der Waals surface area (Å²) < 4.78 is 0. The highest BCUT2D eigenvalue weighted by atomic mass is 35.5. The molecule has 0 aliphatic carbocycles. The first-order valence-corrected chi connectivity index (χ1v) is 5.31. The number of carbonyl (C=O) groups is 1. The first kappa shape index (κ1) is 11.5. The molecule has 5 heteroatoms. The Hall–Kier alpha value is -1.94. The summed E-state index contributed by atoms with van der Waals surface area (Å²) in [5, 5.41) is 9.23. The average Bonchev–Trinajstić information content (AvgIpc) is 2.32. The van der Waals surface area contributed by atoms with Crippen LogP contribution in [0.15, 0.2) is 36.9 Å². The highest BCUT2D eigenvalue weighted by molar-refractivity contribution is 6.31. The van der Waals surface area contributed by atoms with Gasteiger partial charge in [0.15, 0.2) is 0 Å². The van der Waals surface area contributed by atoms with Crippen LogP contribution in [-0.2, 0) is 11.2 Å². The van der Waals surface area contributed by atoms with Gasteiger partial charge >= 0.3 is 5.97 Å². The number of hydrogen-bond acceptors (Lipinski definition) is 3. The maximum absolute atomic E-state index is 10.8. The van der Waals surface area contributed by atoms with Gasteiger partial charge in [0.25, 0.3) is 0 Å². The molecule has 0 fully saturated rings. The third-order valence-electron chi connectivity index (χ3n) is 2.32. The third kappa shape index (κ3) is 2.60. The van der Waals surface area contributed by atoms with Crippen molar-refractivity contribution in [1.82, 2.24) is 9.97 Å². The fourth-order valence-corrected chi connectivity index (χ4v) is 1.80. The first-order valence-electron chi connectivity index (χ1n) is 4.93. The van der Waals surface area contributed by atoms with Crippen molar-refractivity contribution in [3.8, 4) is 11.1 Å². The molecule has 4 nitrogen and oxygen atoms in total. The summed E-state index contributed by atoms with van der Waals surface area (Å²) in [4.78, 5) is 18.7. The highest BCUT2D eigenvalue weighted by Crippen LogP contribution is 2.28. The average molecular weight is 249 g/mol. The minimum absolute atomic E-state index is 0.126. The largest absolute Gasteiger partial charge is 0.481 e. The van der Waals surface area contributed by atoms with E-state index in [0.29, 0.717) is 10.6 Å². The Labute approximate surface area is 103 Å². The number of nitrogens with zero attached hydrogens (tertiary/aromatic N) is 2. The highest BCUT2D eigenvalue weighted by Gasteiger charge is 2.12. The van der Waals surface area contributed by atoms with Crippen LogP contribution in [0.25, 0.3) is 11.1 Å². The molecular formula is C12H9ClN2O2. The second-order valence-electron chi connectivity index (χ2n) is 3.45. The molecule has 0 bridgehead atoms. The van der Waals surface area contributed by atoms with Gasteiger partial charge in [-0.3, -0.25) is 14.8 Å². The maximum Gasteiger partial charge on any atom is 0.307 e. The predicted molar refractivity (Wildman–Crippen MR) is 63.8 cm³/mol. The van der Waals surface area contributed by atoms with Crippen LogP contribution in [0.3, 0.4) is 0 Å². The Morgan fingerprint density at radius 2 is 1.94 bits per heavy atom. The standard InChI is InChI=1S/C12H9ClN2O2/c13-11-7-15-6-10(9(11)5-12(16)17)8-1-3-14-4-2-8/h1-4,6-7H,5H2,(H,16,17). The zero-order chi connectivity index (χ0) is 12.3. The van der Waals surface area contributed by atoms with Crippen molar-refractivity contribution in [3.63, 3.8) is 0 Å². The number of halogens is 1. The van der Waals surface area contributed by atoms with E-state index in [4.69, 9.17) is 16.7 Å². The summed E-state index contributed by atoms with van der Waals surface area (Å²) in [6.45, 7) is 0. The van der Waals surface area contributed by atoms with Crippen LogP contribution >= 0.6 is 11.6 Å². The molecule has 0 spiro atoms. The van der Waals surface area contributed by atoms with Crippen molar-refractivity contribution in [2.24, 2.45) is 0 Å². The van der Waals surface area contributed by atoms with Gasteiger partial charge in [0, 0.05) is 30.4 Å². The summed E-state index contributed by atoms with van der Waals surface area (Å²) in [5.74, 6) is -0.923. The Morgan fingerprint density at radius 1 is 1.24 bits per heavy atom. The fourth-order valence-electron chi connectivity index (χ4n) is 1.57. The third-order valence-corrected chi connectivity index (χ3v) is 2.65. The lowest BCUT2D eigenvalue weighted by atomic mass is 10.0.